The van der Waals surface area contributed by atoms with Gasteiger partial charge in [0.2, 0.25) is 0 Å². The summed E-state index contributed by atoms with van der Waals surface area (Å²) >= 11 is 0. The van der Waals surface area contributed by atoms with E-state index in [2.05, 4.69) is 0 Å². The highest BCUT2D eigenvalue weighted by Crippen LogP contribution is 2.28. The van der Waals surface area contributed by atoms with Gasteiger partial charge in [0.1, 0.15) is 5.69 Å². The van der Waals surface area contributed by atoms with Gasteiger partial charge >= 0.3 is 0 Å². The molecule has 0 atom stereocenters. The maximum atomic E-state index is 11.0. The van der Waals surface area contributed by atoms with Crippen LogP contribution in [0.15, 0.2) is 18.2 Å². The summed E-state index contributed by atoms with van der Waals surface area (Å²) < 4.78 is 0. The third-order valence-corrected chi connectivity index (χ3v) is 2.58. The third kappa shape index (κ3) is 2.49. The molecule has 0 fully saturated rings. The lowest BCUT2D eigenvalue weighted by atomic mass is 10.1. The summed E-state index contributed by atoms with van der Waals surface area (Å²) in [7, 11) is 0. The van der Waals surface area contributed by atoms with Crippen LogP contribution in [0.3, 0.4) is 0 Å². The van der Waals surface area contributed by atoms with Crippen LogP contribution < -0.4 is 10.6 Å². The van der Waals surface area contributed by atoms with E-state index in [0.717, 1.165) is 18.7 Å². The zero-order valence-corrected chi connectivity index (χ0v) is 9.64. The van der Waals surface area contributed by atoms with Crippen molar-refractivity contribution in [2.24, 2.45) is 5.73 Å². The summed E-state index contributed by atoms with van der Waals surface area (Å²) in [6.07, 6.45) is 0. The normalized spacial score (nSPS) is 10.2. The Morgan fingerprint density at radius 2 is 2.00 bits per heavy atom. The summed E-state index contributed by atoms with van der Waals surface area (Å²) in [4.78, 5) is 12.6. The molecule has 1 rings (SSSR count). The molecule has 0 bridgehead atoms. The van der Waals surface area contributed by atoms with Gasteiger partial charge in [0.25, 0.3) is 5.69 Å². The first-order valence-electron chi connectivity index (χ1n) is 5.36. The van der Waals surface area contributed by atoms with Crippen LogP contribution in [0.5, 0.6) is 0 Å². The van der Waals surface area contributed by atoms with Gasteiger partial charge in [-0.15, -0.1) is 0 Å². The smallest absolute Gasteiger partial charge is 0.292 e. The van der Waals surface area contributed by atoms with E-state index in [-0.39, 0.29) is 10.6 Å². The average molecular weight is 223 g/mol. The van der Waals surface area contributed by atoms with Crippen molar-refractivity contribution in [2.45, 2.75) is 20.4 Å². The summed E-state index contributed by atoms with van der Waals surface area (Å²) in [5.41, 5.74) is 7.04. The fourth-order valence-corrected chi connectivity index (χ4v) is 1.67. The third-order valence-electron chi connectivity index (χ3n) is 2.58. The first-order valence-corrected chi connectivity index (χ1v) is 5.36. The second-order valence-electron chi connectivity index (χ2n) is 3.46. The molecule has 1 aromatic carbocycles. The first-order chi connectivity index (χ1) is 7.63. The first kappa shape index (κ1) is 12.4. The van der Waals surface area contributed by atoms with Crippen LogP contribution in [0.4, 0.5) is 11.4 Å². The topological polar surface area (TPSA) is 72.4 Å². The monoisotopic (exact) mass is 223 g/mol. The van der Waals surface area contributed by atoms with E-state index in [9.17, 15) is 10.1 Å². The van der Waals surface area contributed by atoms with Gasteiger partial charge in [-0.1, -0.05) is 6.07 Å². The molecule has 0 aromatic heterocycles. The van der Waals surface area contributed by atoms with Crippen molar-refractivity contribution in [3.05, 3.63) is 33.9 Å². The minimum Gasteiger partial charge on any atom is -0.367 e. The van der Waals surface area contributed by atoms with Crippen LogP contribution in [0.25, 0.3) is 0 Å². The fourth-order valence-electron chi connectivity index (χ4n) is 1.67. The lowest BCUT2D eigenvalue weighted by molar-refractivity contribution is -0.384. The van der Waals surface area contributed by atoms with Crippen molar-refractivity contribution >= 4 is 11.4 Å². The second-order valence-corrected chi connectivity index (χ2v) is 3.46. The Bertz CT molecular complexity index is 375. The Morgan fingerprint density at radius 3 is 2.44 bits per heavy atom. The lowest BCUT2D eigenvalue weighted by Crippen LogP contribution is -2.22. The highest BCUT2D eigenvalue weighted by Gasteiger charge is 2.17. The highest BCUT2D eigenvalue weighted by atomic mass is 16.6. The van der Waals surface area contributed by atoms with Gasteiger partial charge in [0.05, 0.1) is 4.92 Å². The number of nitro benzene ring substituents is 1. The minimum atomic E-state index is -0.354. The Morgan fingerprint density at radius 1 is 1.38 bits per heavy atom. The maximum Gasteiger partial charge on any atom is 0.292 e. The van der Waals surface area contributed by atoms with Crippen molar-refractivity contribution in [3.8, 4) is 0 Å². The lowest BCUT2D eigenvalue weighted by Gasteiger charge is -2.20. The molecule has 0 unspecified atom stereocenters. The van der Waals surface area contributed by atoms with E-state index in [1.165, 1.54) is 0 Å². The highest BCUT2D eigenvalue weighted by molar-refractivity contribution is 5.64. The molecule has 0 saturated carbocycles. The predicted octanol–water partition coefficient (Wildman–Crippen LogP) is 1.90. The Balaban J connectivity index is 3.21. The van der Waals surface area contributed by atoms with Crippen LogP contribution in [0, 0.1) is 10.1 Å². The van der Waals surface area contributed by atoms with Crippen LogP contribution in [-0.4, -0.2) is 18.0 Å². The van der Waals surface area contributed by atoms with Crippen LogP contribution in [0.1, 0.15) is 19.4 Å². The molecule has 0 amide bonds. The van der Waals surface area contributed by atoms with Crippen LogP contribution in [-0.2, 0) is 6.54 Å². The number of nitrogens with zero attached hydrogens (tertiary/aromatic N) is 2. The minimum absolute atomic E-state index is 0.131. The van der Waals surface area contributed by atoms with E-state index in [0.29, 0.717) is 12.2 Å². The standard InChI is InChI=1S/C11H17N3O2/c1-3-13(4-2)10-6-5-9(8-12)7-11(10)14(15)16/h5-7H,3-4,8,12H2,1-2H3. The molecule has 0 saturated heterocycles. The van der Waals surface area contributed by atoms with Crippen molar-refractivity contribution < 1.29 is 4.92 Å². The van der Waals surface area contributed by atoms with Gasteiger partial charge < -0.3 is 10.6 Å². The van der Waals surface area contributed by atoms with Gasteiger partial charge in [-0.2, -0.15) is 0 Å². The van der Waals surface area contributed by atoms with E-state index in [4.69, 9.17) is 5.73 Å². The fraction of sp³-hybridized carbons (Fsp3) is 0.455. The quantitative estimate of drug-likeness (QED) is 0.611. The Labute approximate surface area is 95.0 Å². The Kier molecular flexibility index (Phi) is 4.25. The summed E-state index contributed by atoms with van der Waals surface area (Å²) in [5, 5.41) is 11.0. The molecule has 5 heteroatoms. The largest absolute Gasteiger partial charge is 0.367 e. The van der Waals surface area contributed by atoms with Gasteiger partial charge in [-0.3, -0.25) is 10.1 Å². The van der Waals surface area contributed by atoms with E-state index < -0.39 is 0 Å². The van der Waals surface area contributed by atoms with Gasteiger partial charge in [-0.05, 0) is 25.5 Å². The number of benzene rings is 1. The molecule has 0 spiro atoms. The molecule has 2 N–H and O–H groups in total. The molecule has 88 valence electrons. The van der Waals surface area contributed by atoms with Gasteiger partial charge in [0, 0.05) is 25.7 Å². The number of nitro groups is 1. The molecule has 0 radical (unpaired) electrons. The second kappa shape index (κ2) is 5.46. The number of nitrogens with two attached hydrogens (primary N) is 1. The van der Waals surface area contributed by atoms with E-state index >= 15 is 0 Å². The van der Waals surface area contributed by atoms with Crippen LogP contribution >= 0.6 is 0 Å². The SMILES string of the molecule is CCN(CC)c1ccc(CN)cc1[N+](=O)[O-]. The molecule has 16 heavy (non-hydrogen) atoms. The van der Waals surface area contributed by atoms with Crippen molar-refractivity contribution in [3.63, 3.8) is 0 Å². The summed E-state index contributed by atoms with van der Waals surface area (Å²) in [5.74, 6) is 0. The molecular formula is C11H17N3O2. The van der Waals surface area contributed by atoms with Crippen molar-refractivity contribution in [1.29, 1.82) is 0 Å². The van der Waals surface area contributed by atoms with E-state index in [1.54, 1.807) is 12.1 Å². The zero-order chi connectivity index (χ0) is 12.1. The van der Waals surface area contributed by atoms with Crippen molar-refractivity contribution in [1.82, 2.24) is 0 Å². The molecule has 0 aliphatic heterocycles. The summed E-state index contributed by atoms with van der Waals surface area (Å²) in [6.45, 7) is 5.77. The number of hydrogen-bond acceptors (Lipinski definition) is 4. The number of rotatable bonds is 5. The Hall–Kier alpha value is -1.62. The average Bonchev–Trinajstić information content (AvgIpc) is 2.30. The van der Waals surface area contributed by atoms with Crippen molar-refractivity contribution in [2.75, 3.05) is 18.0 Å². The zero-order valence-electron chi connectivity index (χ0n) is 9.64. The van der Waals surface area contributed by atoms with Gasteiger partial charge in [-0.25, -0.2) is 0 Å². The molecule has 0 heterocycles. The molecule has 1 aromatic rings. The summed E-state index contributed by atoms with van der Waals surface area (Å²) in [6, 6.07) is 5.15. The molecule has 0 aliphatic carbocycles. The van der Waals surface area contributed by atoms with Crippen LogP contribution in [0.2, 0.25) is 0 Å². The van der Waals surface area contributed by atoms with E-state index in [1.807, 2.05) is 24.8 Å². The maximum absolute atomic E-state index is 11.0. The molecule has 5 nitrogen and oxygen atoms in total. The molecule has 0 aliphatic rings. The van der Waals surface area contributed by atoms with Gasteiger partial charge in [0.15, 0.2) is 0 Å². The number of hydrogen-bond donors (Lipinski definition) is 1. The molecular weight excluding hydrogens is 206 g/mol. The predicted molar refractivity (Wildman–Crippen MR) is 64.5 cm³/mol. The number of anilines is 1.